The molecule has 0 radical (unpaired) electrons. The zero-order chi connectivity index (χ0) is 18.8. The van der Waals surface area contributed by atoms with Crippen molar-refractivity contribution in [2.24, 2.45) is 0 Å². The summed E-state index contributed by atoms with van der Waals surface area (Å²) in [6.07, 6.45) is 3.45. The molecule has 0 amide bonds. The number of fused-ring (bicyclic) bond motifs is 1. The zero-order valence-electron chi connectivity index (χ0n) is 15.4. The number of aryl methyl sites for hydroxylation is 3. The molecule has 2 aromatic carbocycles. The second kappa shape index (κ2) is 7.68. The molecule has 0 fully saturated rings. The maximum Gasteiger partial charge on any atom is 0.196 e. The largest absolute Gasteiger partial charge is 0.507 e. The van der Waals surface area contributed by atoms with Crippen molar-refractivity contribution in [3.63, 3.8) is 0 Å². The molecule has 1 N–H and O–H groups in total. The lowest BCUT2D eigenvalue weighted by Crippen LogP contribution is -1.92. The highest BCUT2D eigenvalue weighted by molar-refractivity contribution is 7.99. The minimum atomic E-state index is 0.0248. The van der Waals surface area contributed by atoms with Gasteiger partial charge >= 0.3 is 0 Å². The molecule has 3 rings (SSSR count). The van der Waals surface area contributed by atoms with Crippen LogP contribution in [0.25, 0.3) is 16.2 Å². The molecule has 0 atom stereocenters. The fraction of sp³-hybridized carbons (Fsp3) is 0.227. The number of hydrogen-bond donors (Lipinski definition) is 1. The van der Waals surface area contributed by atoms with Gasteiger partial charge in [0.25, 0.3) is 0 Å². The van der Waals surface area contributed by atoms with E-state index in [1.807, 2.05) is 50.7 Å². The summed E-state index contributed by atoms with van der Waals surface area (Å²) in [7, 11) is 0. The molecule has 1 heterocycles. The Balaban J connectivity index is 1.91. The number of rotatable bonds is 5. The summed E-state index contributed by atoms with van der Waals surface area (Å²) in [5.41, 5.74) is 3.60. The van der Waals surface area contributed by atoms with Crippen LogP contribution in [0.5, 0.6) is 5.75 Å². The van der Waals surface area contributed by atoms with Gasteiger partial charge in [-0.1, -0.05) is 19.1 Å². The molecule has 0 aliphatic carbocycles. The van der Waals surface area contributed by atoms with E-state index in [-0.39, 0.29) is 5.78 Å². The molecule has 3 aromatic rings. The SMILES string of the molecule is CCSc1ccc2c(C)c(C(=O)/C=C/c3cc(C)c(O)c(C)c3)sc2c1. The lowest BCUT2D eigenvalue weighted by Gasteiger charge is -2.04. The normalized spacial score (nSPS) is 11.5. The molecule has 1 aromatic heterocycles. The van der Waals surface area contributed by atoms with Crippen molar-refractivity contribution in [1.29, 1.82) is 0 Å². The average Bonchev–Trinajstić information content (AvgIpc) is 2.94. The van der Waals surface area contributed by atoms with Crippen LogP contribution in [0.4, 0.5) is 0 Å². The number of thiophene rings is 1. The van der Waals surface area contributed by atoms with Crippen molar-refractivity contribution in [3.05, 3.63) is 63.5 Å². The van der Waals surface area contributed by atoms with Crippen LogP contribution in [0, 0.1) is 20.8 Å². The van der Waals surface area contributed by atoms with E-state index in [1.165, 1.54) is 4.90 Å². The Hall–Kier alpha value is -2.04. The van der Waals surface area contributed by atoms with Crippen LogP contribution in [0.1, 0.15) is 38.8 Å². The second-order valence-electron chi connectivity index (χ2n) is 6.35. The van der Waals surface area contributed by atoms with E-state index in [4.69, 9.17) is 0 Å². The monoisotopic (exact) mass is 382 g/mol. The summed E-state index contributed by atoms with van der Waals surface area (Å²) < 4.78 is 1.16. The van der Waals surface area contributed by atoms with E-state index in [2.05, 4.69) is 25.1 Å². The molecule has 0 aliphatic heterocycles. The van der Waals surface area contributed by atoms with Crippen molar-refractivity contribution >= 4 is 45.0 Å². The van der Waals surface area contributed by atoms with Crippen molar-refractivity contribution in [3.8, 4) is 5.75 Å². The van der Waals surface area contributed by atoms with Gasteiger partial charge in [-0.2, -0.15) is 0 Å². The number of aromatic hydroxyl groups is 1. The first-order chi connectivity index (χ1) is 12.4. The highest BCUT2D eigenvalue weighted by Gasteiger charge is 2.14. The van der Waals surface area contributed by atoms with Crippen LogP contribution < -0.4 is 0 Å². The third kappa shape index (κ3) is 3.71. The Morgan fingerprint density at radius 3 is 2.50 bits per heavy atom. The number of hydrogen-bond acceptors (Lipinski definition) is 4. The van der Waals surface area contributed by atoms with Crippen LogP contribution in [0.15, 0.2) is 41.3 Å². The minimum Gasteiger partial charge on any atom is -0.507 e. The van der Waals surface area contributed by atoms with E-state index in [1.54, 1.807) is 17.4 Å². The van der Waals surface area contributed by atoms with Crippen LogP contribution in [0.3, 0.4) is 0 Å². The number of carbonyl (C=O) groups is 1. The van der Waals surface area contributed by atoms with Crippen molar-refractivity contribution in [1.82, 2.24) is 0 Å². The van der Waals surface area contributed by atoms with Crippen molar-refractivity contribution in [2.75, 3.05) is 5.75 Å². The first kappa shape index (κ1) is 18.7. The molecule has 0 saturated heterocycles. The smallest absolute Gasteiger partial charge is 0.196 e. The van der Waals surface area contributed by atoms with Gasteiger partial charge in [0.05, 0.1) is 4.88 Å². The quantitative estimate of drug-likeness (QED) is 0.309. The van der Waals surface area contributed by atoms with Crippen LogP contribution in [-0.4, -0.2) is 16.6 Å². The molecule has 2 nitrogen and oxygen atoms in total. The van der Waals surface area contributed by atoms with Crippen LogP contribution in [0.2, 0.25) is 0 Å². The summed E-state index contributed by atoms with van der Waals surface area (Å²) in [5.74, 6) is 1.38. The van der Waals surface area contributed by atoms with Gasteiger partial charge in [0.2, 0.25) is 0 Å². The van der Waals surface area contributed by atoms with Gasteiger partial charge < -0.3 is 5.11 Å². The number of phenolic OH excluding ortho intramolecular Hbond substituents is 1. The summed E-state index contributed by atoms with van der Waals surface area (Å²) in [4.78, 5) is 14.8. The molecule has 4 heteroatoms. The van der Waals surface area contributed by atoms with Gasteiger partial charge in [-0.25, -0.2) is 0 Å². The number of phenols is 1. The maximum absolute atomic E-state index is 12.7. The van der Waals surface area contributed by atoms with E-state index in [9.17, 15) is 9.90 Å². The van der Waals surface area contributed by atoms with E-state index < -0.39 is 0 Å². The van der Waals surface area contributed by atoms with Gasteiger partial charge in [0, 0.05) is 9.60 Å². The number of benzene rings is 2. The van der Waals surface area contributed by atoms with Crippen LogP contribution >= 0.6 is 23.1 Å². The zero-order valence-corrected chi connectivity index (χ0v) is 17.1. The lowest BCUT2D eigenvalue weighted by atomic mass is 10.0. The van der Waals surface area contributed by atoms with Gasteiger partial charge in [-0.3, -0.25) is 4.79 Å². The molecular weight excluding hydrogens is 360 g/mol. The fourth-order valence-electron chi connectivity index (χ4n) is 3.03. The third-order valence-electron chi connectivity index (χ3n) is 4.39. The van der Waals surface area contributed by atoms with Gasteiger partial charge in [0.1, 0.15) is 5.75 Å². The van der Waals surface area contributed by atoms with E-state index in [0.717, 1.165) is 43.0 Å². The molecule has 26 heavy (non-hydrogen) atoms. The van der Waals surface area contributed by atoms with Crippen LogP contribution in [-0.2, 0) is 0 Å². The Morgan fingerprint density at radius 2 is 1.85 bits per heavy atom. The predicted molar refractivity (Wildman–Crippen MR) is 114 cm³/mol. The standard InChI is InChI=1S/C22H22O2S2/c1-5-25-17-7-8-18-15(4)22(26-20(18)12-17)19(23)9-6-16-10-13(2)21(24)14(3)11-16/h6-12,24H,5H2,1-4H3/b9-6+. The molecule has 0 unspecified atom stereocenters. The summed E-state index contributed by atoms with van der Waals surface area (Å²) >= 11 is 3.37. The summed E-state index contributed by atoms with van der Waals surface area (Å²) in [6, 6.07) is 10.2. The van der Waals surface area contributed by atoms with Gasteiger partial charge in [-0.15, -0.1) is 23.1 Å². The summed E-state index contributed by atoms with van der Waals surface area (Å²) in [5, 5.41) is 11.0. The predicted octanol–water partition coefficient (Wildman–Crippen LogP) is 6.54. The molecule has 134 valence electrons. The Bertz CT molecular complexity index is 989. The molecule has 0 bridgehead atoms. The van der Waals surface area contributed by atoms with Crippen molar-refractivity contribution < 1.29 is 9.90 Å². The maximum atomic E-state index is 12.7. The number of carbonyl (C=O) groups excluding carboxylic acids is 1. The number of allylic oxidation sites excluding steroid dienone is 1. The first-order valence-corrected chi connectivity index (χ1v) is 10.4. The average molecular weight is 383 g/mol. The summed E-state index contributed by atoms with van der Waals surface area (Å²) in [6.45, 7) is 7.88. The Labute approximate surface area is 162 Å². The third-order valence-corrected chi connectivity index (χ3v) is 6.53. The molecule has 0 aliphatic rings. The first-order valence-electron chi connectivity index (χ1n) is 8.59. The highest BCUT2D eigenvalue weighted by atomic mass is 32.2. The molecular formula is C22H22O2S2. The topological polar surface area (TPSA) is 37.3 Å². The van der Waals surface area contributed by atoms with E-state index >= 15 is 0 Å². The highest BCUT2D eigenvalue weighted by Crippen LogP contribution is 2.34. The Morgan fingerprint density at radius 1 is 1.15 bits per heavy atom. The molecule has 0 saturated carbocycles. The number of ketones is 1. The van der Waals surface area contributed by atoms with E-state index in [0.29, 0.717) is 5.75 Å². The molecule has 0 spiro atoms. The van der Waals surface area contributed by atoms with Gasteiger partial charge in [-0.05, 0) is 84.5 Å². The second-order valence-corrected chi connectivity index (χ2v) is 8.74. The minimum absolute atomic E-state index is 0.0248. The fourth-order valence-corrected chi connectivity index (χ4v) is 4.97. The lowest BCUT2D eigenvalue weighted by molar-refractivity contribution is 0.105. The Kier molecular flexibility index (Phi) is 5.54. The van der Waals surface area contributed by atoms with Gasteiger partial charge in [0.15, 0.2) is 5.78 Å². The number of thioether (sulfide) groups is 1. The van der Waals surface area contributed by atoms with Crippen molar-refractivity contribution in [2.45, 2.75) is 32.6 Å².